The van der Waals surface area contributed by atoms with Gasteiger partial charge >= 0.3 is 0 Å². The van der Waals surface area contributed by atoms with Crippen molar-refractivity contribution in [1.82, 2.24) is 9.97 Å². The molecule has 8 heteroatoms. The largest absolute Gasteiger partial charge is 0.436 e. The van der Waals surface area contributed by atoms with Gasteiger partial charge in [0.1, 0.15) is 23.2 Å². The Morgan fingerprint density at radius 2 is 1.02 bits per heavy atom. The van der Waals surface area contributed by atoms with Crippen molar-refractivity contribution in [2.45, 2.75) is 0 Å². The Hall–Kier alpha value is -8.04. The second kappa shape index (κ2) is 13.3. The van der Waals surface area contributed by atoms with Gasteiger partial charge in [-0.1, -0.05) is 60.7 Å². The minimum atomic E-state index is 0.256. The first-order valence-corrected chi connectivity index (χ1v) is 19.5. The highest BCUT2D eigenvalue weighted by molar-refractivity contribution is 7.25. The Balaban J connectivity index is 0.969. The maximum atomic E-state index is 9.51. The highest BCUT2D eigenvalue weighted by Crippen LogP contribution is 2.40. The average molecular weight is 762 g/mol. The van der Waals surface area contributed by atoms with E-state index in [1.165, 1.54) is 31.3 Å². The van der Waals surface area contributed by atoms with Crippen molar-refractivity contribution >= 4 is 81.5 Å². The molecule has 0 spiro atoms. The number of nitrogens with zero attached hydrogens (tertiary/aromatic N) is 5. The third-order valence-corrected chi connectivity index (χ3v) is 11.7. The molecule has 8 aromatic carbocycles. The molecule has 0 unspecified atom stereocenters. The standard InChI is InChI=1S/C50H27N5O2S/c51-28-36-25-44-46(26-37(36)29-52)57-50(54-44)31-13-19-39(20-14-31)55(38-17-11-30(12-18-38)49-53-43-6-2-3-7-45(43)56-49)40-21-15-33-23-32(9-10-34(33)24-40)35-16-22-42-41-5-1-4-8-47(41)58-48(42)27-35/h1-27H. The molecule has 0 amide bonds. The van der Waals surface area contributed by atoms with E-state index in [9.17, 15) is 10.5 Å². The first kappa shape index (κ1) is 33.3. The molecule has 0 saturated carbocycles. The summed E-state index contributed by atoms with van der Waals surface area (Å²) in [5, 5.41) is 23.9. The van der Waals surface area contributed by atoms with E-state index in [4.69, 9.17) is 13.8 Å². The lowest BCUT2D eigenvalue weighted by Crippen LogP contribution is -2.09. The van der Waals surface area contributed by atoms with Crippen molar-refractivity contribution in [3.05, 3.63) is 175 Å². The summed E-state index contributed by atoms with van der Waals surface area (Å²) >= 11 is 1.83. The van der Waals surface area contributed by atoms with Crippen LogP contribution in [-0.4, -0.2) is 9.97 Å². The van der Waals surface area contributed by atoms with Crippen LogP contribution in [0.3, 0.4) is 0 Å². The molecule has 0 fully saturated rings. The van der Waals surface area contributed by atoms with Gasteiger partial charge in [-0.25, -0.2) is 9.97 Å². The van der Waals surface area contributed by atoms with E-state index in [1.54, 1.807) is 12.1 Å². The van der Waals surface area contributed by atoms with Gasteiger partial charge in [0.15, 0.2) is 11.2 Å². The molecule has 3 heterocycles. The number of anilines is 3. The Morgan fingerprint density at radius 3 is 1.78 bits per heavy atom. The van der Waals surface area contributed by atoms with E-state index in [2.05, 4.69) is 113 Å². The van der Waals surface area contributed by atoms with Crippen LogP contribution in [-0.2, 0) is 0 Å². The summed E-state index contributed by atoms with van der Waals surface area (Å²) in [6.45, 7) is 0. The fourth-order valence-electron chi connectivity index (χ4n) is 7.69. The van der Waals surface area contributed by atoms with Gasteiger partial charge in [-0.2, -0.15) is 10.5 Å². The molecule has 0 aliphatic carbocycles. The number of hydrogen-bond donors (Lipinski definition) is 0. The van der Waals surface area contributed by atoms with Crippen LogP contribution in [0.25, 0.3) is 87.2 Å². The molecule has 11 rings (SSSR count). The molecule has 0 aliphatic rings. The van der Waals surface area contributed by atoms with Gasteiger partial charge < -0.3 is 13.7 Å². The fraction of sp³-hybridized carbons (Fsp3) is 0. The number of thiophene rings is 1. The van der Waals surface area contributed by atoms with Gasteiger partial charge in [0.2, 0.25) is 11.8 Å². The van der Waals surface area contributed by atoms with Crippen LogP contribution < -0.4 is 4.90 Å². The van der Waals surface area contributed by atoms with Crippen LogP contribution in [0.4, 0.5) is 17.1 Å². The predicted molar refractivity (Wildman–Crippen MR) is 232 cm³/mol. The van der Waals surface area contributed by atoms with Crippen molar-refractivity contribution in [3.63, 3.8) is 0 Å². The van der Waals surface area contributed by atoms with Crippen molar-refractivity contribution in [2.75, 3.05) is 4.90 Å². The Bertz CT molecular complexity index is 3410. The van der Waals surface area contributed by atoms with E-state index in [-0.39, 0.29) is 11.1 Å². The van der Waals surface area contributed by atoms with Gasteiger partial charge in [0, 0.05) is 54.4 Å². The molecule has 0 radical (unpaired) electrons. The number of fused-ring (bicyclic) bond motifs is 6. The number of hydrogen-bond acceptors (Lipinski definition) is 8. The molecule has 0 atom stereocenters. The Kier molecular flexibility index (Phi) is 7.65. The van der Waals surface area contributed by atoms with Gasteiger partial charge in [-0.15, -0.1) is 11.3 Å². The summed E-state index contributed by atoms with van der Waals surface area (Å²) in [5.41, 5.74) is 9.96. The summed E-state index contributed by atoms with van der Waals surface area (Å²) < 4.78 is 14.7. The van der Waals surface area contributed by atoms with Gasteiger partial charge in [0.05, 0.1) is 11.1 Å². The summed E-state index contributed by atoms with van der Waals surface area (Å²) in [6, 6.07) is 59.9. The molecule has 7 nitrogen and oxygen atoms in total. The van der Waals surface area contributed by atoms with Crippen LogP contribution in [0.2, 0.25) is 0 Å². The van der Waals surface area contributed by atoms with Gasteiger partial charge in [0.25, 0.3) is 0 Å². The lowest BCUT2D eigenvalue weighted by Gasteiger charge is -2.26. The Morgan fingerprint density at radius 1 is 0.448 bits per heavy atom. The third-order valence-electron chi connectivity index (χ3n) is 10.6. The van der Waals surface area contributed by atoms with Crippen molar-refractivity contribution in [3.8, 4) is 46.2 Å². The van der Waals surface area contributed by atoms with E-state index in [1.807, 2.05) is 72.0 Å². The lowest BCUT2D eigenvalue weighted by atomic mass is 9.99. The second-order valence-electron chi connectivity index (χ2n) is 14.1. The van der Waals surface area contributed by atoms with E-state index in [0.717, 1.165) is 50.1 Å². The quantitative estimate of drug-likeness (QED) is 0.166. The highest BCUT2D eigenvalue weighted by Gasteiger charge is 2.18. The number of rotatable bonds is 6. The maximum Gasteiger partial charge on any atom is 0.227 e. The molecule has 270 valence electrons. The number of oxazole rings is 2. The molecule has 11 aromatic rings. The molecule has 58 heavy (non-hydrogen) atoms. The zero-order valence-corrected chi connectivity index (χ0v) is 31.4. The van der Waals surface area contributed by atoms with Gasteiger partial charge in [-0.3, -0.25) is 0 Å². The second-order valence-corrected chi connectivity index (χ2v) is 15.2. The molecule has 0 aliphatic heterocycles. The number of para-hydroxylation sites is 2. The minimum absolute atomic E-state index is 0.256. The first-order valence-electron chi connectivity index (χ1n) is 18.7. The zero-order chi connectivity index (χ0) is 38.7. The number of benzene rings is 8. The van der Waals surface area contributed by atoms with Crippen LogP contribution in [0.15, 0.2) is 173 Å². The average Bonchev–Trinajstić information content (AvgIpc) is 4.01. The van der Waals surface area contributed by atoms with Crippen molar-refractivity contribution < 1.29 is 8.83 Å². The third kappa shape index (κ3) is 5.64. The highest BCUT2D eigenvalue weighted by atomic mass is 32.1. The van der Waals surface area contributed by atoms with E-state index in [0.29, 0.717) is 22.9 Å². The van der Waals surface area contributed by atoms with Crippen LogP contribution in [0.1, 0.15) is 11.1 Å². The van der Waals surface area contributed by atoms with Crippen LogP contribution in [0, 0.1) is 22.7 Å². The van der Waals surface area contributed by atoms with Crippen molar-refractivity contribution in [2.24, 2.45) is 0 Å². The first-order chi connectivity index (χ1) is 28.6. The topological polar surface area (TPSA) is 103 Å². The molecular formula is C50H27N5O2S. The Labute approximate surface area is 335 Å². The number of aromatic nitrogens is 2. The van der Waals surface area contributed by atoms with Crippen LogP contribution >= 0.6 is 11.3 Å². The monoisotopic (exact) mass is 761 g/mol. The molecule has 3 aromatic heterocycles. The molecule has 0 N–H and O–H groups in total. The van der Waals surface area contributed by atoms with E-state index >= 15 is 0 Å². The molecular weight excluding hydrogens is 735 g/mol. The number of nitriles is 2. The lowest BCUT2D eigenvalue weighted by molar-refractivity contribution is 0.619. The summed E-state index contributed by atoms with van der Waals surface area (Å²) in [7, 11) is 0. The summed E-state index contributed by atoms with van der Waals surface area (Å²) in [5.74, 6) is 0.974. The summed E-state index contributed by atoms with van der Waals surface area (Å²) in [4.78, 5) is 11.6. The molecule has 0 bridgehead atoms. The van der Waals surface area contributed by atoms with Crippen LogP contribution in [0.5, 0.6) is 0 Å². The normalized spacial score (nSPS) is 11.4. The SMILES string of the molecule is N#Cc1cc2nc(-c3ccc(N(c4ccc(-c5nc6ccccc6o5)cc4)c4ccc5cc(-c6ccc7c(c6)sc6ccccc67)ccc5c4)cc3)oc2cc1C#N. The van der Waals surface area contributed by atoms with Crippen molar-refractivity contribution in [1.29, 1.82) is 10.5 Å². The minimum Gasteiger partial charge on any atom is -0.436 e. The smallest absolute Gasteiger partial charge is 0.227 e. The molecule has 0 saturated heterocycles. The fourth-order valence-corrected chi connectivity index (χ4v) is 8.83. The zero-order valence-electron chi connectivity index (χ0n) is 30.5. The van der Waals surface area contributed by atoms with Gasteiger partial charge in [-0.05, 0) is 119 Å². The van der Waals surface area contributed by atoms with E-state index < -0.39 is 0 Å². The maximum absolute atomic E-state index is 9.51. The predicted octanol–water partition coefficient (Wildman–Crippen LogP) is 13.7. The summed E-state index contributed by atoms with van der Waals surface area (Å²) in [6.07, 6.45) is 0.